The van der Waals surface area contributed by atoms with Gasteiger partial charge in [0.15, 0.2) is 0 Å². The van der Waals surface area contributed by atoms with Crippen LogP contribution >= 0.6 is 35.6 Å². The topological polar surface area (TPSA) is 46.3 Å². The van der Waals surface area contributed by atoms with Gasteiger partial charge in [0.25, 0.3) is 0 Å². The quantitative estimate of drug-likeness (QED) is 0.916. The Balaban J connectivity index is 0.00000200. The molecule has 20 heavy (non-hydrogen) atoms. The molecule has 0 bridgehead atoms. The lowest BCUT2D eigenvalue weighted by Crippen LogP contribution is -2.40. The van der Waals surface area contributed by atoms with Crippen molar-refractivity contribution in [1.82, 2.24) is 4.90 Å². The molecule has 1 aliphatic rings. The number of likely N-dealkylation sites (N-methyl/N-ethyl adjacent to an activating group) is 1. The fourth-order valence-electron chi connectivity index (χ4n) is 2.22. The van der Waals surface area contributed by atoms with Crippen LogP contribution in [-0.4, -0.2) is 30.4 Å². The molecule has 0 aliphatic heterocycles. The zero-order valence-corrected chi connectivity index (χ0v) is 13.8. The molecule has 1 fully saturated rings. The SMILES string of the molecule is CC(CN)N(C)C(=O)C1CC1c1ccc(Cl)c(Cl)c1.Cl. The molecule has 6 heteroatoms. The molecule has 0 saturated heterocycles. The van der Waals surface area contributed by atoms with Gasteiger partial charge >= 0.3 is 0 Å². The van der Waals surface area contributed by atoms with Crippen LogP contribution in [0.5, 0.6) is 0 Å². The van der Waals surface area contributed by atoms with Crippen molar-refractivity contribution < 1.29 is 4.79 Å². The van der Waals surface area contributed by atoms with E-state index in [0.717, 1.165) is 12.0 Å². The van der Waals surface area contributed by atoms with Gasteiger partial charge in [-0.3, -0.25) is 4.79 Å². The van der Waals surface area contributed by atoms with E-state index in [9.17, 15) is 4.79 Å². The van der Waals surface area contributed by atoms with E-state index in [4.69, 9.17) is 28.9 Å². The lowest BCUT2D eigenvalue weighted by Gasteiger charge is -2.23. The summed E-state index contributed by atoms with van der Waals surface area (Å²) >= 11 is 11.9. The molecule has 1 saturated carbocycles. The first-order valence-corrected chi connectivity index (χ1v) is 7.13. The summed E-state index contributed by atoms with van der Waals surface area (Å²) in [4.78, 5) is 14.0. The lowest BCUT2D eigenvalue weighted by molar-refractivity contribution is -0.133. The van der Waals surface area contributed by atoms with Crippen molar-refractivity contribution in [3.05, 3.63) is 33.8 Å². The molecular formula is C14H19Cl3N2O. The number of benzene rings is 1. The largest absolute Gasteiger partial charge is 0.342 e. The summed E-state index contributed by atoms with van der Waals surface area (Å²) in [6, 6.07) is 5.65. The van der Waals surface area contributed by atoms with Gasteiger partial charge in [0.2, 0.25) is 5.91 Å². The molecule has 112 valence electrons. The zero-order valence-electron chi connectivity index (χ0n) is 11.5. The maximum absolute atomic E-state index is 12.3. The van der Waals surface area contributed by atoms with Crippen molar-refractivity contribution in [1.29, 1.82) is 0 Å². The van der Waals surface area contributed by atoms with Crippen LogP contribution in [-0.2, 0) is 4.79 Å². The van der Waals surface area contributed by atoms with Crippen LogP contribution in [0.1, 0.15) is 24.8 Å². The first kappa shape index (κ1) is 17.6. The summed E-state index contributed by atoms with van der Waals surface area (Å²) in [5, 5.41) is 1.09. The van der Waals surface area contributed by atoms with Gasteiger partial charge in [0, 0.05) is 25.6 Å². The number of carbonyl (C=O) groups excluding carboxylic acids is 1. The second kappa shape index (κ2) is 6.99. The molecule has 2 N–H and O–H groups in total. The predicted molar refractivity (Wildman–Crippen MR) is 85.8 cm³/mol. The minimum absolute atomic E-state index is 0. The average Bonchev–Trinajstić information content (AvgIpc) is 3.19. The van der Waals surface area contributed by atoms with Crippen LogP contribution in [0.15, 0.2) is 18.2 Å². The Bertz CT molecular complexity index is 495. The maximum atomic E-state index is 12.3. The van der Waals surface area contributed by atoms with Gasteiger partial charge < -0.3 is 10.6 Å². The first-order valence-electron chi connectivity index (χ1n) is 6.37. The third-order valence-electron chi connectivity index (χ3n) is 3.83. The zero-order chi connectivity index (χ0) is 14.2. The molecule has 0 heterocycles. The first-order chi connectivity index (χ1) is 8.95. The number of hydrogen-bond donors (Lipinski definition) is 1. The Morgan fingerprint density at radius 2 is 2.10 bits per heavy atom. The molecule has 2 rings (SSSR count). The fourth-order valence-corrected chi connectivity index (χ4v) is 2.52. The number of carbonyl (C=O) groups is 1. The highest BCUT2D eigenvalue weighted by Gasteiger charge is 2.45. The second-order valence-corrected chi connectivity index (χ2v) is 5.97. The van der Waals surface area contributed by atoms with Crippen LogP contribution in [0.2, 0.25) is 10.0 Å². The fraction of sp³-hybridized carbons (Fsp3) is 0.500. The van der Waals surface area contributed by atoms with Crippen molar-refractivity contribution in [3.8, 4) is 0 Å². The minimum atomic E-state index is 0. The van der Waals surface area contributed by atoms with Gasteiger partial charge in [0.05, 0.1) is 10.0 Å². The highest BCUT2D eigenvalue weighted by atomic mass is 35.5. The molecule has 0 spiro atoms. The van der Waals surface area contributed by atoms with Gasteiger partial charge in [-0.15, -0.1) is 12.4 Å². The number of amides is 1. The van der Waals surface area contributed by atoms with Gasteiger partial charge in [0.1, 0.15) is 0 Å². The van der Waals surface area contributed by atoms with Crippen LogP contribution in [0.3, 0.4) is 0 Å². The van der Waals surface area contributed by atoms with E-state index < -0.39 is 0 Å². The van der Waals surface area contributed by atoms with Gasteiger partial charge in [-0.05, 0) is 37.0 Å². The van der Waals surface area contributed by atoms with Crippen LogP contribution in [0.4, 0.5) is 0 Å². The lowest BCUT2D eigenvalue weighted by atomic mass is 10.1. The van der Waals surface area contributed by atoms with Gasteiger partial charge in [-0.2, -0.15) is 0 Å². The van der Waals surface area contributed by atoms with Crippen LogP contribution in [0, 0.1) is 5.92 Å². The standard InChI is InChI=1S/C14H18Cl2N2O.ClH/c1-8(7-17)18(2)14(19)11-6-10(11)9-3-4-12(15)13(16)5-9;/h3-5,8,10-11H,6-7,17H2,1-2H3;1H. The molecule has 0 aromatic heterocycles. The summed E-state index contributed by atoms with van der Waals surface area (Å²) < 4.78 is 0. The number of halogens is 3. The van der Waals surface area contributed by atoms with Crippen molar-refractivity contribution in [2.24, 2.45) is 11.7 Å². The molecule has 3 unspecified atom stereocenters. The summed E-state index contributed by atoms with van der Waals surface area (Å²) in [6.07, 6.45) is 0.873. The molecule has 3 nitrogen and oxygen atoms in total. The Kier molecular flexibility index (Phi) is 6.14. The van der Waals surface area contributed by atoms with E-state index in [1.165, 1.54) is 0 Å². The highest BCUT2D eigenvalue weighted by Crippen LogP contribution is 2.49. The number of rotatable bonds is 4. The second-order valence-electron chi connectivity index (χ2n) is 5.16. The predicted octanol–water partition coefficient (Wildman–Crippen LogP) is 3.32. The molecule has 1 aliphatic carbocycles. The van der Waals surface area contributed by atoms with E-state index >= 15 is 0 Å². The van der Waals surface area contributed by atoms with E-state index in [1.807, 2.05) is 26.1 Å². The van der Waals surface area contributed by atoms with Gasteiger partial charge in [-0.25, -0.2) is 0 Å². The average molecular weight is 338 g/mol. The Hall–Kier alpha value is -0.480. The van der Waals surface area contributed by atoms with E-state index in [1.54, 1.807) is 11.0 Å². The van der Waals surface area contributed by atoms with Crippen LogP contribution in [0.25, 0.3) is 0 Å². The Labute approximate surface area is 135 Å². The Morgan fingerprint density at radius 1 is 1.45 bits per heavy atom. The molecule has 1 aromatic rings. The third-order valence-corrected chi connectivity index (χ3v) is 4.57. The third kappa shape index (κ3) is 3.59. The number of nitrogens with two attached hydrogens (primary N) is 1. The molecular weight excluding hydrogens is 319 g/mol. The molecule has 0 radical (unpaired) electrons. The van der Waals surface area contributed by atoms with Crippen molar-refractivity contribution in [3.63, 3.8) is 0 Å². The van der Waals surface area contributed by atoms with Crippen molar-refractivity contribution in [2.45, 2.75) is 25.3 Å². The van der Waals surface area contributed by atoms with Crippen molar-refractivity contribution >= 4 is 41.5 Å². The van der Waals surface area contributed by atoms with Crippen molar-refractivity contribution in [2.75, 3.05) is 13.6 Å². The van der Waals surface area contributed by atoms with Crippen LogP contribution < -0.4 is 5.73 Å². The summed E-state index contributed by atoms with van der Waals surface area (Å²) in [6.45, 7) is 2.43. The molecule has 1 amide bonds. The smallest absolute Gasteiger partial charge is 0.226 e. The van der Waals surface area contributed by atoms with E-state index in [-0.39, 0.29) is 36.2 Å². The molecule has 1 aromatic carbocycles. The van der Waals surface area contributed by atoms with E-state index in [0.29, 0.717) is 16.6 Å². The normalized spacial score (nSPS) is 21.9. The van der Waals surface area contributed by atoms with Gasteiger partial charge in [-0.1, -0.05) is 29.3 Å². The summed E-state index contributed by atoms with van der Waals surface area (Å²) in [7, 11) is 1.81. The monoisotopic (exact) mass is 336 g/mol. The molecule has 3 atom stereocenters. The number of hydrogen-bond acceptors (Lipinski definition) is 2. The summed E-state index contributed by atoms with van der Waals surface area (Å²) in [5.74, 6) is 0.472. The highest BCUT2D eigenvalue weighted by molar-refractivity contribution is 6.42. The number of nitrogens with zero attached hydrogens (tertiary/aromatic N) is 1. The Morgan fingerprint density at radius 3 is 2.65 bits per heavy atom. The van der Waals surface area contributed by atoms with E-state index in [2.05, 4.69) is 0 Å². The summed E-state index contributed by atoms with van der Waals surface area (Å²) in [5.41, 5.74) is 6.67. The maximum Gasteiger partial charge on any atom is 0.226 e. The minimum Gasteiger partial charge on any atom is -0.342 e.